The fourth-order valence-corrected chi connectivity index (χ4v) is 5.36. The molecule has 0 bridgehead atoms. The molecule has 0 unspecified atom stereocenters. The summed E-state index contributed by atoms with van der Waals surface area (Å²) in [5.41, 5.74) is 4.25. The number of nitrogens with zero attached hydrogens (tertiary/aromatic N) is 1. The number of anilines is 2. The van der Waals surface area contributed by atoms with Gasteiger partial charge in [0.2, 0.25) is 0 Å². The number of amides is 1. The molecule has 0 aliphatic carbocycles. The molecule has 0 saturated heterocycles. The second-order valence-corrected chi connectivity index (χ2v) is 11.3. The molecule has 6 nitrogen and oxygen atoms in total. The zero-order valence-corrected chi connectivity index (χ0v) is 22.6. The highest BCUT2D eigenvalue weighted by molar-refractivity contribution is 7.92. The summed E-state index contributed by atoms with van der Waals surface area (Å²) in [4.78, 5) is 12.6. The molecular weight excluding hydrogens is 496 g/mol. The molecule has 38 heavy (non-hydrogen) atoms. The van der Waals surface area contributed by atoms with Crippen molar-refractivity contribution in [2.45, 2.75) is 38.1 Å². The van der Waals surface area contributed by atoms with Crippen molar-refractivity contribution in [3.05, 3.63) is 120 Å². The minimum absolute atomic E-state index is 0.166. The normalized spacial score (nSPS) is 11.3. The molecule has 4 aromatic rings. The number of sulfonamides is 1. The Morgan fingerprint density at radius 3 is 2.08 bits per heavy atom. The van der Waals surface area contributed by atoms with Crippen LogP contribution in [0.5, 0.6) is 5.75 Å². The lowest BCUT2D eigenvalue weighted by Gasteiger charge is -2.25. The maximum atomic E-state index is 13.6. The van der Waals surface area contributed by atoms with Gasteiger partial charge in [-0.15, -0.1) is 0 Å². The zero-order chi connectivity index (χ0) is 27.1. The van der Waals surface area contributed by atoms with Gasteiger partial charge in [0.05, 0.1) is 17.1 Å². The standard InChI is InChI=1S/C31H32N2O4S/c1-23(2)26-11-13-27(14-12-26)32-31(34)22-37-29-17-15-28(16-18-29)33(21-25-7-5-4-6-8-25)38(35,36)30-19-9-24(3)10-20-30/h4-20,23H,21-22H2,1-3H3,(H,32,34). The molecule has 1 N–H and O–H groups in total. The van der Waals surface area contributed by atoms with Gasteiger partial charge in [0.15, 0.2) is 6.61 Å². The number of nitrogens with one attached hydrogen (secondary N) is 1. The summed E-state index contributed by atoms with van der Waals surface area (Å²) in [5, 5.41) is 2.83. The topological polar surface area (TPSA) is 75.7 Å². The summed E-state index contributed by atoms with van der Waals surface area (Å²) in [7, 11) is -3.82. The van der Waals surface area contributed by atoms with E-state index >= 15 is 0 Å². The van der Waals surface area contributed by atoms with E-state index in [4.69, 9.17) is 4.74 Å². The van der Waals surface area contributed by atoms with Crippen LogP contribution in [0.2, 0.25) is 0 Å². The van der Waals surface area contributed by atoms with Gasteiger partial charge in [-0.2, -0.15) is 0 Å². The first-order valence-electron chi connectivity index (χ1n) is 12.5. The minimum Gasteiger partial charge on any atom is -0.484 e. The first kappa shape index (κ1) is 26.9. The maximum Gasteiger partial charge on any atom is 0.264 e. The van der Waals surface area contributed by atoms with E-state index in [1.807, 2.05) is 61.5 Å². The van der Waals surface area contributed by atoms with Gasteiger partial charge < -0.3 is 10.1 Å². The van der Waals surface area contributed by atoms with E-state index in [2.05, 4.69) is 19.2 Å². The van der Waals surface area contributed by atoms with Crippen LogP contribution in [0.25, 0.3) is 0 Å². The van der Waals surface area contributed by atoms with Crippen molar-refractivity contribution in [2.75, 3.05) is 16.2 Å². The lowest BCUT2D eigenvalue weighted by atomic mass is 10.0. The van der Waals surface area contributed by atoms with Crippen molar-refractivity contribution in [3.63, 3.8) is 0 Å². The Morgan fingerprint density at radius 1 is 0.842 bits per heavy atom. The number of hydrogen-bond acceptors (Lipinski definition) is 4. The van der Waals surface area contributed by atoms with Crippen LogP contribution < -0.4 is 14.4 Å². The van der Waals surface area contributed by atoms with Gasteiger partial charge in [-0.05, 0) is 72.5 Å². The van der Waals surface area contributed by atoms with Gasteiger partial charge >= 0.3 is 0 Å². The van der Waals surface area contributed by atoms with Crippen LogP contribution in [0.4, 0.5) is 11.4 Å². The van der Waals surface area contributed by atoms with Crippen molar-refractivity contribution < 1.29 is 17.9 Å². The number of benzene rings is 4. The third-order valence-electron chi connectivity index (χ3n) is 6.13. The second-order valence-electron chi connectivity index (χ2n) is 9.42. The SMILES string of the molecule is Cc1ccc(S(=O)(=O)N(Cc2ccccc2)c2ccc(OCC(=O)Nc3ccc(C(C)C)cc3)cc2)cc1. The van der Waals surface area contributed by atoms with Crippen LogP contribution >= 0.6 is 0 Å². The third-order valence-corrected chi connectivity index (χ3v) is 7.92. The number of aryl methyl sites for hydroxylation is 1. The third kappa shape index (κ3) is 6.81. The van der Waals surface area contributed by atoms with Gasteiger partial charge in [0.1, 0.15) is 5.75 Å². The van der Waals surface area contributed by atoms with Crippen molar-refractivity contribution in [1.82, 2.24) is 0 Å². The van der Waals surface area contributed by atoms with Crippen LogP contribution in [0, 0.1) is 6.92 Å². The van der Waals surface area contributed by atoms with Crippen molar-refractivity contribution in [1.29, 1.82) is 0 Å². The predicted octanol–water partition coefficient (Wildman–Crippen LogP) is 6.53. The first-order valence-corrected chi connectivity index (χ1v) is 13.9. The van der Waals surface area contributed by atoms with E-state index in [9.17, 15) is 13.2 Å². The van der Waals surface area contributed by atoms with Crippen LogP contribution in [0.15, 0.2) is 108 Å². The first-order chi connectivity index (χ1) is 18.2. The molecule has 0 fully saturated rings. The van der Waals surface area contributed by atoms with Gasteiger partial charge in [0.25, 0.3) is 15.9 Å². The van der Waals surface area contributed by atoms with Gasteiger partial charge in [0, 0.05) is 5.69 Å². The molecule has 4 rings (SSSR count). The minimum atomic E-state index is -3.82. The summed E-state index contributed by atoms with van der Waals surface area (Å²) < 4.78 is 34.3. The Balaban J connectivity index is 1.47. The monoisotopic (exact) mass is 528 g/mol. The van der Waals surface area contributed by atoms with Crippen molar-refractivity contribution in [2.24, 2.45) is 0 Å². The zero-order valence-electron chi connectivity index (χ0n) is 21.8. The average Bonchev–Trinajstić information content (AvgIpc) is 2.92. The molecule has 7 heteroatoms. The fraction of sp³-hybridized carbons (Fsp3) is 0.194. The van der Waals surface area contributed by atoms with Gasteiger partial charge in [-0.3, -0.25) is 9.10 Å². The van der Waals surface area contributed by atoms with E-state index in [0.717, 1.165) is 11.1 Å². The highest BCUT2D eigenvalue weighted by Crippen LogP contribution is 2.28. The largest absolute Gasteiger partial charge is 0.484 e. The summed E-state index contributed by atoms with van der Waals surface area (Å²) >= 11 is 0. The van der Waals surface area contributed by atoms with Crippen LogP contribution in [-0.4, -0.2) is 20.9 Å². The van der Waals surface area contributed by atoms with Gasteiger partial charge in [-0.25, -0.2) is 8.42 Å². The highest BCUT2D eigenvalue weighted by atomic mass is 32.2. The molecule has 0 aliphatic rings. The summed E-state index contributed by atoms with van der Waals surface area (Å²) in [6, 6.07) is 30.7. The smallest absolute Gasteiger partial charge is 0.264 e. The highest BCUT2D eigenvalue weighted by Gasteiger charge is 2.25. The van der Waals surface area contributed by atoms with Crippen LogP contribution in [0.3, 0.4) is 0 Å². The van der Waals surface area contributed by atoms with E-state index in [-0.39, 0.29) is 24.0 Å². The number of rotatable bonds is 10. The number of ether oxygens (including phenoxy) is 1. The second kappa shape index (κ2) is 12.0. The molecule has 0 aromatic heterocycles. The fourth-order valence-electron chi connectivity index (χ4n) is 3.91. The number of carbonyl (C=O) groups is 1. The predicted molar refractivity (Wildman–Crippen MR) is 152 cm³/mol. The number of carbonyl (C=O) groups excluding carboxylic acids is 1. The Morgan fingerprint density at radius 2 is 1.47 bits per heavy atom. The van der Waals surface area contributed by atoms with Gasteiger partial charge in [-0.1, -0.05) is 74.0 Å². The molecule has 196 valence electrons. The maximum absolute atomic E-state index is 13.6. The average molecular weight is 529 g/mol. The molecule has 0 heterocycles. The van der Waals surface area contributed by atoms with Crippen molar-refractivity contribution in [3.8, 4) is 5.75 Å². The summed E-state index contributed by atoms with van der Waals surface area (Å²) in [6.45, 7) is 6.16. The van der Waals surface area contributed by atoms with Crippen LogP contribution in [-0.2, 0) is 21.4 Å². The van der Waals surface area contributed by atoms with E-state index in [1.54, 1.807) is 48.5 Å². The quantitative estimate of drug-likeness (QED) is 0.254. The molecule has 0 saturated carbocycles. The lowest BCUT2D eigenvalue weighted by Crippen LogP contribution is -2.30. The Bertz CT molecular complexity index is 1450. The Kier molecular flexibility index (Phi) is 8.48. The Labute approximate surface area is 225 Å². The van der Waals surface area contributed by atoms with E-state index < -0.39 is 10.0 Å². The molecule has 0 aliphatic heterocycles. The summed E-state index contributed by atoms with van der Waals surface area (Å²) in [6.07, 6.45) is 0. The number of hydrogen-bond donors (Lipinski definition) is 1. The molecule has 1 amide bonds. The molecule has 0 spiro atoms. The van der Waals surface area contributed by atoms with E-state index in [0.29, 0.717) is 23.0 Å². The summed E-state index contributed by atoms with van der Waals surface area (Å²) in [5.74, 6) is 0.604. The van der Waals surface area contributed by atoms with E-state index in [1.165, 1.54) is 9.87 Å². The molecule has 4 aromatic carbocycles. The molecule has 0 radical (unpaired) electrons. The Hall–Kier alpha value is -4.10. The van der Waals surface area contributed by atoms with Crippen molar-refractivity contribution >= 4 is 27.3 Å². The lowest BCUT2D eigenvalue weighted by molar-refractivity contribution is -0.118. The molecule has 0 atom stereocenters. The molecular formula is C31H32N2O4S. The van der Waals surface area contributed by atoms with Crippen LogP contribution in [0.1, 0.15) is 36.5 Å².